The minimum absolute atomic E-state index is 0.322. The molecule has 1 atom stereocenters. The van der Waals surface area contributed by atoms with Gasteiger partial charge < -0.3 is 4.74 Å². The Hall–Kier alpha value is -1.83. The lowest BCUT2D eigenvalue weighted by Crippen LogP contribution is -2.08. The van der Waals surface area contributed by atoms with Crippen molar-refractivity contribution >= 4 is 12.0 Å². The van der Waals surface area contributed by atoms with Gasteiger partial charge in [-0.25, -0.2) is 4.79 Å². The molecule has 0 amide bonds. The Balaban J connectivity index is 2.40. The lowest BCUT2D eigenvalue weighted by molar-refractivity contribution is -0.133. The first-order valence-corrected chi connectivity index (χ1v) is 7.77. The molecule has 1 aromatic carbocycles. The van der Waals surface area contributed by atoms with Crippen molar-refractivity contribution < 1.29 is 9.53 Å². The highest BCUT2D eigenvalue weighted by Gasteiger charge is 2.13. The van der Waals surface area contributed by atoms with Crippen LogP contribution in [0.5, 0.6) is 0 Å². The van der Waals surface area contributed by atoms with Gasteiger partial charge >= 0.3 is 5.97 Å². The molecular weight excluding hydrogens is 260 g/mol. The van der Waals surface area contributed by atoms with Gasteiger partial charge in [-0.2, -0.15) is 0 Å². The Bertz CT molecular complexity index is 460. The second kappa shape index (κ2) is 9.98. The minimum Gasteiger partial charge on any atom is -0.431 e. The van der Waals surface area contributed by atoms with E-state index in [4.69, 9.17) is 4.74 Å². The van der Waals surface area contributed by atoms with E-state index in [-0.39, 0.29) is 5.97 Å². The molecule has 0 fully saturated rings. The molecule has 0 saturated carbocycles. The normalized spacial score (nSPS) is 12.3. The summed E-state index contributed by atoms with van der Waals surface area (Å²) in [6.07, 6.45) is 8.57. The van der Waals surface area contributed by atoms with Crippen LogP contribution in [0.1, 0.15) is 51.5 Å². The minimum atomic E-state index is -0.322. The van der Waals surface area contributed by atoms with Crippen molar-refractivity contribution in [3.63, 3.8) is 0 Å². The summed E-state index contributed by atoms with van der Waals surface area (Å²) in [4.78, 5) is 11.9. The Kier molecular flexibility index (Phi) is 8.18. The van der Waals surface area contributed by atoms with Crippen LogP contribution < -0.4 is 0 Å². The van der Waals surface area contributed by atoms with E-state index in [0.717, 1.165) is 24.8 Å². The van der Waals surface area contributed by atoms with Crippen LogP contribution in [-0.4, -0.2) is 5.97 Å². The molecule has 0 saturated heterocycles. The van der Waals surface area contributed by atoms with Gasteiger partial charge in [-0.1, -0.05) is 76.4 Å². The van der Waals surface area contributed by atoms with Crippen LogP contribution in [0.4, 0.5) is 0 Å². The fourth-order valence-electron chi connectivity index (χ4n) is 2.20. The molecular formula is C19H26O2. The molecule has 0 spiro atoms. The molecule has 0 N–H and O–H groups in total. The molecule has 2 nitrogen and oxygen atoms in total. The quantitative estimate of drug-likeness (QED) is 0.347. The van der Waals surface area contributed by atoms with Crippen molar-refractivity contribution in [3.05, 3.63) is 54.3 Å². The maximum absolute atomic E-state index is 11.9. The van der Waals surface area contributed by atoms with Gasteiger partial charge in [0.2, 0.25) is 0 Å². The van der Waals surface area contributed by atoms with E-state index in [9.17, 15) is 4.79 Å². The van der Waals surface area contributed by atoms with Crippen molar-refractivity contribution in [2.45, 2.75) is 46.0 Å². The topological polar surface area (TPSA) is 26.3 Å². The van der Waals surface area contributed by atoms with Crippen LogP contribution in [0.3, 0.4) is 0 Å². The monoisotopic (exact) mass is 286 g/mol. The number of ether oxygens (including phenoxy) is 1. The van der Waals surface area contributed by atoms with Crippen molar-refractivity contribution in [3.8, 4) is 0 Å². The fourth-order valence-corrected chi connectivity index (χ4v) is 2.20. The molecule has 0 aliphatic heterocycles. The van der Waals surface area contributed by atoms with Crippen molar-refractivity contribution in [1.29, 1.82) is 0 Å². The number of hydrogen-bond donors (Lipinski definition) is 0. The summed E-state index contributed by atoms with van der Waals surface area (Å²) in [6, 6.07) is 9.75. The number of esters is 1. The second-order valence-corrected chi connectivity index (χ2v) is 5.34. The molecule has 0 aliphatic carbocycles. The van der Waals surface area contributed by atoms with E-state index >= 15 is 0 Å². The number of carbonyl (C=O) groups excluding carboxylic acids is 1. The third-order valence-electron chi connectivity index (χ3n) is 3.60. The highest BCUT2D eigenvalue weighted by atomic mass is 16.5. The molecule has 0 heterocycles. The first-order valence-electron chi connectivity index (χ1n) is 7.77. The van der Waals surface area contributed by atoms with E-state index in [2.05, 4.69) is 20.4 Å². The molecule has 0 aromatic heterocycles. The van der Waals surface area contributed by atoms with Crippen LogP contribution in [-0.2, 0) is 9.53 Å². The average Bonchev–Trinajstić information content (AvgIpc) is 2.52. The van der Waals surface area contributed by atoms with E-state index in [0.29, 0.717) is 11.5 Å². The van der Waals surface area contributed by atoms with Gasteiger partial charge in [-0.05, 0) is 24.0 Å². The van der Waals surface area contributed by atoms with Crippen LogP contribution >= 0.6 is 0 Å². The van der Waals surface area contributed by atoms with Crippen LogP contribution in [0.25, 0.3) is 6.08 Å². The Morgan fingerprint density at radius 2 is 2.00 bits per heavy atom. The molecule has 1 unspecified atom stereocenters. The van der Waals surface area contributed by atoms with Gasteiger partial charge in [-0.15, -0.1) is 0 Å². The summed E-state index contributed by atoms with van der Waals surface area (Å²) < 4.78 is 5.14. The molecule has 1 aromatic rings. The number of unbranched alkanes of at least 4 members (excludes halogenated alkanes) is 1. The maximum Gasteiger partial charge on any atom is 0.338 e. The summed E-state index contributed by atoms with van der Waals surface area (Å²) in [5.41, 5.74) is 1.57. The smallest absolute Gasteiger partial charge is 0.338 e. The SMILES string of the molecule is C=C(CC(CC)CCCC)C(=O)OC=Cc1ccccc1. The molecule has 0 bridgehead atoms. The van der Waals surface area contributed by atoms with Gasteiger partial charge in [0, 0.05) is 5.57 Å². The lowest BCUT2D eigenvalue weighted by atomic mass is 9.92. The lowest BCUT2D eigenvalue weighted by Gasteiger charge is -2.14. The van der Waals surface area contributed by atoms with Crippen LogP contribution in [0.2, 0.25) is 0 Å². The predicted molar refractivity (Wildman–Crippen MR) is 88.6 cm³/mol. The molecule has 1 rings (SSSR count). The molecule has 0 radical (unpaired) electrons. The fraction of sp³-hybridized carbons (Fsp3) is 0.421. The van der Waals surface area contributed by atoms with E-state index in [1.54, 1.807) is 6.08 Å². The van der Waals surface area contributed by atoms with Crippen LogP contribution in [0.15, 0.2) is 48.7 Å². The molecule has 114 valence electrons. The molecule has 21 heavy (non-hydrogen) atoms. The number of rotatable bonds is 9. The Labute approximate surface area is 128 Å². The van der Waals surface area contributed by atoms with E-state index < -0.39 is 0 Å². The van der Waals surface area contributed by atoms with E-state index in [1.807, 2.05) is 30.3 Å². The van der Waals surface area contributed by atoms with Crippen molar-refractivity contribution in [2.24, 2.45) is 5.92 Å². The standard InChI is InChI=1S/C19H26O2/c1-4-6-10-17(5-2)15-16(3)19(20)21-14-13-18-11-8-7-9-12-18/h7-9,11-14,17H,3-6,10,15H2,1-2H3. The number of benzene rings is 1. The van der Waals surface area contributed by atoms with Crippen molar-refractivity contribution in [2.75, 3.05) is 0 Å². The maximum atomic E-state index is 11.9. The Morgan fingerprint density at radius 1 is 1.29 bits per heavy atom. The second-order valence-electron chi connectivity index (χ2n) is 5.34. The number of hydrogen-bond acceptors (Lipinski definition) is 2. The van der Waals surface area contributed by atoms with Gasteiger partial charge in [0.25, 0.3) is 0 Å². The highest BCUT2D eigenvalue weighted by Crippen LogP contribution is 2.21. The zero-order valence-electron chi connectivity index (χ0n) is 13.2. The average molecular weight is 286 g/mol. The molecule has 2 heteroatoms. The van der Waals surface area contributed by atoms with E-state index in [1.165, 1.54) is 19.1 Å². The van der Waals surface area contributed by atoms with Gasteiger partial charge in [-0.3, -0.25) is 0 Å². The summed E-state index contributed by atoms with van der Waals surface area (Å²) in [7, 11) is 0. The summed E-state index contributed by atoms with van der Waals surface area (Å²) in [5, 5.41) is 0. The summed E-state index contributed by atoms with van der Waals surface area (Å²) in [6.45, 7) is 8.21. The van der Waals surface area contributed by atoms with Crippen LogP contribution in [0, 0.1) is 5.92 Å². The highest BCUT2D eigenvalue weighted by molar-refractivity contribution is 5.88. The Morgan fingerprint density at radius 3 is 2.62 bits per heavy atom. The number of carbonyl (C=O) groups is 1. The largest absolute Gasteiger partial charge is 0.431 e. The zero-order valence-corrected chi connectivity index (χ0v) is 13.2. The van der Waals surface area contributed by atoms with Crippen molar-refractivity contribution in [1.82, 2.24) is 0 Å². The van der Waals surface area contributed by atoms with Gasteiger partial charge in [0.15, 0.2) is 0 Å². The summed E-state index contributed by atoms with van der Waals surface area (Å²) >= 11 is 0. The zero-order chi connectivity index (χ0) is 15.5. The van der Waals surface area contributed by atoms with Gasteiger partial charge in [0.05, 0.1) is 6.26 Å². The van der Waals surface area contributed by atoms with Gasteiger partial charge in [0.1, 0.15) is 0 Å². The third-order valence-corrected chi connectivity index (χ3v) is 3.60. The molecule has 0 aliphatic rings. The first kappa shape index (κ1) is 17.2. The first-order chi connectivity index (χ1) is 10.2. The predicted octanol–water partition coefficient (Wildman–Crippen LogP) is 5.36. The third kappa shape index (κ3) is 6.94. The summed E-state index contributed by atoms with van der Waals surface area (Å²) in [5.74, 6) is 0.209.